The maximum atomic E-state index is 12.9. The monoisotopic (exact) mass is 476 g/mol. The second kappa shape index (κ2) is 10.5. The fourth-order valence-corrected chi connectivity index (χ4v) is 4.18. The molecule has 0 saturated carbocycles. The lowest BCUT2D eigenvalue weighted by Crippen LogP contribution is -2.43. The third-order valence-electron chi connectivity index (χ3n) is 6.12. The van der Waals surface area contributed by atoms with E-state index in [0.29, 0.717) is 28.8 Å². The Labute approximate surface area is 203 Å². The van der Waals surface area contributed by atoms with Crippen LogP contribution in [0.5, 0.6) is 0 Å². The molecule has 4 amide bonds. The van der Waals surface area contributed by atoms with Crippen molar-refractivity contribution in [3.05, 3.63) is 71.2 Å². The summed E-state index contributed by atoms with van der Waals surface area (Å²) in [6, 6.07) is 14.0. The number of hydrogen-bond donors (Lipinski definition) is 2. The quantitative estimate of drug-likeness (QED) is 0.363. The number of benzene rings is 2. The van der Waals surface area contributed by atoms with E-state index in [2.05, 4.69) is 15.8 Å². The van der Waals surface area contributed by atoms with Crippen LogP contribution in [0.4, 0.5) is 0 Å². The van der Waals surface area contributed by atoms with Crippen LogP contribution in [-0.2, 0) is 11.3 Å². The Bertz CT molecular complexity index is 1230. The number of nitrogens with one attached hydrogen (secondary N) is 2. The van der Waals surface area contributed by atoms with Gasteiger partial charge in [-0.1, -0.05) is 38.1 Å². The highest BCUT2D eigenvalue weighted by atomic mass is 16.4. The number of furan rings is 1. The maximum absolute atomic E-state index is 12.9. The Hall–Kier alpha value is -3.98. The van der Waals surface area contributed by atoms with Gasteiger partial charge in [-0.3, -0.25) is 39.8 Å². The molecule has 2 N–H and O–H groups in total. The van der Waals surface area contributed by atoms with Crippen LogP contribution in [0, 0.1) is 0 Å². The van der Waals surface area contributed by atoms with Crippen molar-refractivity contribution in [3.8, 4) is 0 Å². The summed E-state index contributed by atoms with van der Waals surface area (Å²) in [7, 11) is 0. The average Bonchev–Trinajstić information content (AvgIpc) is 3.35. The molecule has 0 unspecified atom stereocenters. The van der Waals surface area contributed by atoms with E-state index < -0.39 is 11.8 Å². The Kier molecular flexibility index (Phi) is 7.26. The smallest absolute Gasteiger partial charge is 0.305 e. The van der Waals surface area contributed by atoms with Crippen LogP contribution in [0.1, 0.15) is 63.7 Å². The highest BCUT2D eigenvalue weighted by Gasteiger charge is 2.32. The number of carbonyl (C=O) groups excluding carboxylic acids is 4. The standard InChI is InChI=1S/C26H28N4O5/c1-3-29(4-2)16-18-13-14-21(35-18)24(32)28-27-22(31)12-7-15-30-25(33)19-10-5-8-17-9-6-11-20(23(17)19)26(30)34/h5-6,8-11,13-14H,3-4,7,12,15-16H2,1-2H3,(H,27,31)(H,28,32). The van der Waals surface area contributed by atoms with E-state index in [1.807, 2.05) is 26.0 Å². The van der Waals surface area contributed by atoms with E-state index in [-0.39, 0.29) is 37.0 Å². The van der Waals surface area contributed by atoms with Crippen molar-refractivity contribution in [3.63, 3.8) is 0 Å². The Balaban J connectivity index is 1.27. The van der Waals surface area contributed by atoms with E-state index in [1.165, 1.54) is 4.90 Å². The highest BCUT2D eigenvalue weighted by Crippen LogP contribution is 2.30. The fraction of sp³-hybridized carbons (Fsp3) is 0.308. The molecule has 9 nitrogen and oxygen atoms in total. The zero-order chi connectivity index (χ0) is 24.9. The number of nitrogens with zero attached hydrogens (tertiary/aromatic N) is 2. The number of hydrogen-bond acceptors (Lipinski definition) is 6. The summed E-state index contributed by atoms with van der Waals surface area (Å²) in [6.45, 7) is 6.52. The molecule has 1 aromatic heterocycles. The van der Waals surface area contributed by atoms with Crippen LogP contribution >= 0.6 is 0 Å². The minimum Gasteiger partial charge on any atom is -0.454 e. The molecule has 0 aliphatic carbocycles. The van der Waals surface area contributed by atoms with Crippen molar-refractivity contribution in [2.45, 2.75) is 33.2 Å². The molecule has 4 rings (SSSR count). The number of imide groups is 1. The van der Waals surface area contributed by atoms with Gasteiger partial charge in [0.1, 0.15) is 5.76 Å². The van der Waals surface area contributed by atoms with Crippen LogP contribution in [0.25, 0.3) is 10.8 Å². The Morgan fingerprint density at radius 2 is 1.57 bits per heavy atom. The molecule has 2 aromatic carbocycles. The topological polar surface area (TPSA) is 112 Å². The number of rotatable bonds is 9. The molecule has 0 fully saturated rings. The Morgan fingerprint density at radius 1 is 0.914 bits per heavy atom. The summed E-state index contributed by atoms with van der Waals surface area (Å²) in [4.78, 5) is 53.6. The second-order valence-electron chi connectivity index (χ2n) is 8.30. The number of amides is 4. The van der Waals surface area contributed by atoms with Gasteiger partial charge < -0.3 is 4.42 Å². The molecular weight excluding hydrogens is 448 g/mol. The van der Waals surface area contributed by atoms with E-state index in [1.54, 1.807) is 36.4 Å². The van der Waals surface area contributed by atoms with Crippen LogP contribution < -0.4 is 10.9 Å². The summed E-state index contributed by atoms with van der Waals surface area (Å²) < 4.78 is 5.56. The van der Waals surface area contributed by atoms with Gasteiger partial charge in [-0.2, -0.15) is 0 Å². The lowest BCUT2D eigenvalue weighted by Gasteiger charge is -2.27. The molecule has 0 saturated heterocycles. The lowest BCUT2D eigenvalue weighted by atomic mass is 9.94. The summed E-state index contributed by atoms with van der Waals surface area (Å²) in [5, 5.41) is 1.51. The zero-order valence-corrected chi connectivity index (χ0v) is 19.8. The second-order valence-corrected chi connectivity index (χ2v) is 8.30. The molecule has 3 aromatic rings. The van der Waals surface area contributed by atoms with Gasteiger partial charge in [0.25, 0.3) is 11.8 Å². The van der Waals surface area contributed by atoms with Gasteiger partial charge in [0.2, 0.25) is 5.91 Å². The molecule has 0 bridgehead atoms. The van der Waals surface area contributed by atoms with Crippen molar-refractivity contribution < 1.29 is 23.6 Å². The number of carbonyl (C=O) groups is 4. The number of hydrazine groups is 1. The minimum absolute atomic E-state index is 0.0224. The largest absolute Gasteiger partial charge is 0.454 e. The van der Waals surface area contributed by atoms with E-state index >= 15 is 0 Å². The van der Waals surface area contributed by atoms with Gasteiger partial charge >= 0.3 is 5.91 Å². The van der Waals surface area contributed by atoms with Crippen LogP contribution in [-0.4, -0.2) is 53.1 Å². The van der Waals surface area contributed by atoms with Gasteiger partial charge in [0.05, 0.1) is 6.54 Å². The molecule has 35 heavy (non-hydrogen) atoms. The van der Waals surface area contributed by atoms with Gasteiger partial charge in [-0.15, -0.1) is 0 Å². The van der Waals surface area contributed by atoms with Crippen LogP contribution in [0.15, 0.2) is 52.9 Å². The maximum Gasteiger partial charge on any atom is 0.305 e. The summed E-state index contributed by atoms with van der Waals surface area (Å²) in [5.41, 5.74) is 5.64. The van der Waals surface area contributed by atoms with Gasteiger partial charge in [-0.25, -0.2) is 0 Å². The molecular formula is C26H28N4O5. The van der Waals surface area contributed by atoms with Gasteiger partial charge in [0.15, 0.2) is 5.76 Å². The normalized spacial score (nSPS) is 12.9. The van der Waals surface area contributed by atoms with Crippen LogP contribution in [0.3, 0.4) is 0 Å². The average molecular weight is 477 g/mol. The van der Waals surface area contributed by atoms with Crippen molar-refractivity contribution in [1.29, 1.82) is 0 Å². The van der Waals surface area contributed by atoms with Gasteiger partial charge in [-0.05, 0) is 49.2 Å². The molecule has 0 spiro atoms. The molecule has 1 aliphatic heterocycles. The first-order valence-electron chi connectivity index (χ1n) is 11.7. The molecule has 182 valence electrons. The van der Waals surface area contributed by atoms with E-state index in [4.69, 9.17) is 4.42 Å². The SMILES string of the molecule is CCN(CC)Cc1ccc(C(=O)NNC(=O)CCCN2C(=O)c3cccc4cccc(c34)C2=O)o1. The van der Waals surface area contributed by atoms with Crippen molar-refractivity contribution in [1.82, 2.24) is 20.7 Å². The Morgan fingerprint density at radius 3 is 2.20 bits per heavy atom. The van der Waals surface area contributed by atoms with Crippen LogP contribution in [0.2, 0.25) is 0 Å². The van der Waals surface area contributed by atoms with E-state index in [0.717, 1.165) is 18.5 Å². The minimum atomic E-state index is -0.560. The van der Waals surface area contributed by atoms with Crippen molar-refractivity contribution >= 4 is 34.4 Å². The zero-order valence-electron chi connectivity index (χ0n) is 19.8. The molecule has 0 radical (unpaired) electrons. The first-order valence-corrected chi connectivity index (χ1v) is 11.7. The van der Waals surface area contributed by atoms with Crippen molar-refractivity contribution in [2.75, 3.05) is 19.6 Å². The molecule has 2 heterocycles. The molecule has 9 heteroatoms. The first-order chi connectivity index (χ1) is 16.9. The third-order valence-corrected chi connectivity index (χ3v) is 6.12. The molecule has 0 atom stereocenters. The summed E-state index contributed by atoms with van der Waals surface area (Å²) in [5.74, 6) is -0.969. The van der Waals surface area contributed by atoms with Gasteiger partial charge in [0, 0.05) is 29.5 Å². The predicted molar refractivity (Wildman–Crippen MR) is 129 cm³/mol. The lowest BCUT2D eigenvalue weighted by molar-refractivity contribution is -0.122. The van der Waals surface area contributed by atoms with E-state index in [9.17, 15) is 19.2 Å². The summed E-state index contributed by atoms with van der Waals surface area (Å²) >= 11 is 0. The molecule has 1 aliphatic rings. The highest BCUT2D eigenvalue weighted by molar-refractivity contribution is 6.25. The fourth-order valence-electron chi connectivity index (χ4n) is 4.18. The van der Waals surface area contributed by atoms with Crippen molar-refractivity contribution in [2.24, 2.45) is 0 Å². The summed E-state index contributed by atoms with van der Waals surface area (Å²) in [6.07, 6.45) is 0.278. The third kappa shape index (κ3) is 5.09. The predicted octanol–water partition coefficient (Wildman–Crippen LogP) is 3.11. The first kappa shape index (κ1) is 24.2.